The average molecular weight is 192 g/mol. The van der Waals surface area contributed by atoms with E-state index in [9.17, 15) is 5.11 Å². The minimum Gasteiger partial charge on any atom is -0.508 e. The normalized spacial score (nSPS) is 18.9. The van der Waals surface area contributed by atoms with Crippen molar-refractivity contribution in [2.45, 2.75) is 19.0 Å². The molecule has 1 saturated heterocycles. The molecule has 1 aliphatic heterocycles. The first-order valence-electron chi connectivity index (χ1n) is 5.01. The molecule has 1 aliphatic rings. The largest absolute Gasteiger partial charge is 0.508 e. The first-order chi connectivity index (χ1) is 6.75. The molecule has 1 atom stereocenters. The van der Waals surface area contributed by atoms with E-state index in [4.69, 9.17) is 0 Å². The highest BCUT2D eigenvalue weighted by Gasteiger charge is 2.18. The van der Waals surface area contributed by atoms with Crippen LogP contribution in [-0.2, 0) is 0 Å². The van der Waals surface area contributed by atoms with Gasteiger partial charge in [0.05, 0.1) is 0 Å². The quantitative estimate of drug-likeness (QED) is 0.670. The summed E-state index contributed by atoms with van der Waals surface area (Å²) in [4.78, 5) is 0. The smallest absolute Gasteiger partial charge is 0.115 e. The van der Waals surface area contributed by atoms with Crippen molar-refractivity contribution >= 4 is 0 Å². The molecule has 1 aromatic rings. The highest BCUT2D eigenvalue weighted by molar-refractivity contribution is 5.29. The van der Waals surface area contributed by atoms with Crippen LogP contribution < -0.4 is 10.6 Å². The third-order valence-electron chi connectivity index (χ3n) is 2.64. The van der Waals surface area contributed by atoms with E-state index >= 15 is 0 Å². The maximum Gasteiger partial charge on any atom is 0.115 e. The molecule has 1 unspecified atom stereocenters. The second-order valence-electron chi connectivity index (χ2n) is 3.84. The van der Waals surface area contributed by atoms with E-state index in [0.29, 0.717) is 17.8 Å². The fraction of sp³-hybridized carbons (Fsp3) is 0.455. The van der Waals surface area contributed by atoms with Gasteiger partial charge < -0.3 is 15.7 Å². The van der Waals surface area contributed by atoms with Gasteiger partial charge in [0.15, 0.2) is 0 Å². The number of phenolic OH excluding ortho intramolecular Hbond substituents is 1. The van der Waals surface area contributed by atoms with Crippen LogP contribution in [0.1, 0.15) is 18.5 Å². The Hall–Kier alpha value is -1.06. The molecule has 0 spiro atoms. The number of benzene rings is 1. The predicted octanol–water partition coefficient (Wildman–Crippen LogP) is 1.01. The van der Waals surface area contributed by atoms with Crippen molar-refractivity contribution in [3.05, 3.63) is 29.8 Å². The SMILES string of the molecule is CC(NC1CNC1)c1cccc(O)c1. The van der Waals surface area contributed by atoms with Crippen molar-refractivity contribution in [3.8, 4) is 5.75 Å². The molecule has 1 heterocycles. The topological polar surface area (TPSA) is 44.3 Å². The molecule has 3 nitrogen and oxygen atoms in total. The summed E-state index contributed by atoms with van der Waals surface area (Å²) in [5.74, 6) is 0.336. The lowest BCUT2D eigenvalue weighted by atomic mass is 10.1. The zero-order chi connectivity index (χ0) is 9.97. The fourth-order valence-electron chi connectivity index (χ4n) is 1.65. The lowest BCUT2D eigenvalue weighted by Crippen LogP contribution is -2.55. The highest BCUT2D eigenvalue weighted by atomic mass is 16.3. The van der Waals surface area contributed by atoms with E-state index in [-0.39, 0.29) is 0 Å². The standard InChI is InChI=1S/C11H16N2O/c1-8(13-10-6-12-7-10)9-3-2-4-11(14)5-9/h2-5,8,10,12-14H,6-7H2,1H3. The molecule has 1 fully saturated rings. The Labute approximate surface area is 84.1 Å². The second kappa shape index (κ2) is 3.98. The van der Waals surface area contributed by atoms with E-state index in [1.54, 1.807) is 6.07 Å². The van der Waals surface area contributed by atoms with E-state index in [2.05, 4.69) is 17.6 Å². The van der Waals surface area contributed by atoms with E-state index in [0.717, 1.165) is 18.7 Å². The van der Waals surface area contributed by atoms with Gasteiger partial charge in [-0.3, -0.25) is 0 Å². The van der Waals surface area contributed by atoms with Gasteiger partial charge in [-0.1, -0.05) is 12.1 Å². The minimum atomic E-state index is 0.300. The van der Waals surface area contributed by atoms with Crippen LogP contribution in [0.5, 0.6) is 5.75 Å². The summed E-state index contributed by atoms with van der Waals surface area (Å²) < 4.78 is 0. The van der Waals surface area contributed by atoms with Gasteiger partial charge in [0.1, 0.15) is 5.75 Å². The molecule has 0 aromatic heterocycles. The van der Waals surface area contributed by atoms with E-state index < -0.39 is 0 Å². The van der Waals surface area contributed by atoms with Gasteiger partial charge in [-0.15, -0.1) is 0 Å². The highest BCUT2D eigenvalue weighted by Crippen LogP contribution is 2.18. The Balaban J connectivity index is 1.98. The third-order valence-corrected chi connectivity index (χ3v) is 2.64. The maximum atomic E-state index is 9.33. The Morgan fingerprint density at radius 2 is 2.29 bits per heavy atom. The summed E-state index contributed by atoms with van der Waals surface area (Å²) in [6, 6.07) is 8.29. The van der Waals surface area contributed by atoms with Crippen molar-refractivity contribution in [3.63, 3.8) is 0 Å². The van der Waals surface area contributed by atoms with Gasteiger partial charge in [0.25, 0.3) is 0 Å². The zero-order valence-corrected chi connectivity index (χ0v) is 8.33. The molecule has 3 heteroatoms. The summed E-state index contributed by atoms with van der Waals surface area (Å²) in [5, 5.41) is 16.0. The van der Waals surface area contributed by atoms with Crippen molar-refractivity contribution in [2.75, 3.05) is 13.1 Å². The van der Waals surface area contributed by atoms with Crippen LogP contribution in [0.15, 0.2) is 24.3 Å². The first kappa shape index (κ1) is 9.49. The molecule has 0 saturated carbocycles. The Morgan fingerprint density at radius 1 is 1.50 bits per heavy atom. The summed E-state index contributed by atoms with van der Waals surface area (Å²) in [5.41, 5.74) is 1.14. The molecular weight excluding hydrogens is 176 g/mol. The predicted molar refractivity (Wildman–Crippen MR) is 56.3 cm³/mol. The third kappa shape index (κ3) is 2.05. The number of nitrogens with one attached hydrogen (secondary N) is 2. The number of hydrogen-bond donors (Lipinski definition) is 3. The molecule has 0 amide bonds. The van der Waals surface area contributed by atoms with Crippen molar-refractivity contribution in [1.82, 2.24) is 10.6 Å². The van der Waals surface area contributed by atoms with Crippen LogP contribution in [0.2, 0.25) is 0 Å². The molecule has 3 N–H and O–H groups in total. The summed E-state index contributed by atoms with van der Waals surface area (Å²) in [6.07, 6.45) is 0. The van der Waals surface area contributed by atoms with Gasteiger partial charge in [-0.05, 0) is 24.6 Å². The first-order valence-corrected chi connectivity index (χ1v) is 5.01. The van der Waals surface area contributed by atoms with E-state index in [1.807, 2.05) is 18.2 Å². The van der Waals surface area contributed by atoms with Crippen LogP contribution in [0.4, 0.5) is 0 Å². The number of hydrogen-bond acceptors (Lipinski definition) is 3. The Kier molecular flexibility index (Phi) is 2.70. The molecular formula is C11H16N2O. The Bertz CT molecular complexity index is 310. The fourth-order valence-corrected chi connectivity index (χ4v) is 1.65. The zero-order valence-electron chi connectivity index (χ0n) is 8.33. The lowest BCUT2D eigenvalue weighted by Gasteiger charge is -2.31. The van der Waals surface area contributed by atoms with Gasteiger partial charge >= 0.3 is 0 Å². The number of phenols is 1. The maximum absolute atomic E-state index is 9.33. The molecule has 2 rings (SSSR count). The van der Waals surface area contributed by atoms with Crippen LogP contribution in [0.3, 0.4) is 0 Å². The summed E-state index contributed by atoms with van der Waals surface area (Å²) >= 11 is 0. The summed E-state index contributed by atoms with van der Waals surface area (Å²) in [6.45, 7) is 4.21. The van der Waals surface area contributed by atoms with Gasteiger partial charge in [0, 0.05) is 25.2 Å². The molecule has 0 bridgehead atoms. The average Bonchev–Trinajstić information content (AvgIpc) is 2.11. The van der Waals surface area contributed by atoms with Crippen molar-refractivity contribution in [2.24, 2.45) is 0 Å². The van der Waals surface area contributed by atoms with E-state index in [1.165, 1.54) is 0 Å². The van der Waals surface area contributed by atoms with Crippen LogP contribution >= 0.6 is 0 Å². The monoisotopic (exact) mass is 192 g/mol. The van der Waals surface area contributed by atoms with Crippen LogP contribution in [0.25, 0.3) is 0 Å². The molecule has 0 radical (unpaired) electrons. The molecule has 0 aliphatic carbocycles. The van der Waals surface area contributed by atoms with Gasteiger partial charge in [-0.2, -0.15) is 0 Å². The lowest BCUT2D eigenvalue weighted by molar-refractivity contribution is 0.338. The van der Waals surface area contributed by atoms with Crippen LogP contribution in [0, 0.1) is 0 Å². The van der Waals surface area contributed by atoms with Gasteiger partial charge in [-0.25, -0.2) is 0 Å². The second-order valence-corrected chi connectivity index (χ2v) is 3.84. The Morgan fingerprint density at radius 3 is 2.86 bits per heavy atom. The van der Waals surface area contributed by atoms with Gasteiger partial charge in [0.2, 0.25) is 0 Å². The molecule has 14 heavy (non-hydrogen) atoms. The summed E-state index contributed by atoms with van der Waals surface area (Å²) in [7, 11) is 0. The molecule has 1 aromatic carbocycles. The van der Waals surface area contributed by atoms with Crippen LogP contribution in [-0.4, -0.2) is 24.2 Å². The number of rotatable bonds is 3. The minimum absolute atomic E-state index is 0.300. The molecule has 76 valence electrons. The van der Waals surface area contributed by atoms with Crippen molar-refractivity contribution in [1.29, 1.82) is 0 Å². The number of aromatic hydroxyl groups is 1. The van der Waals surface area contributed by atoms with Crippen molar-refractivity contribution < 1.29 is 5.11 Å².